The standard InChI is InChI=1S/C15H25N3/c1-17(2)12-9-16-13-14-5-7-15(8-6-14)18-10-3-4-11-18/h5-8,16H,3-4,9-13H2,1-2H3. The third-order valence-corrected chi connectivity index (χ3v) is 3.47. The molecular weight excluding hydrogens is 222 g/mol. The fraction of sp³-hybridized carbons (Fsp3) is 0.600. The van der Waals surface area contributed by atoms with E-state index in [4.69, 9.17) is 0 Å². The van der Waals surface area contributed by atoms with Crippen molar-refractivity contribution in [2.24, 2.45) is 0 Å². The van der Waals surface area contributed by atoms with E-state index in [2.05, 4.69) is 53.5 Å². The van der Waals surface area contributed by atoms with Gasteiger partial charge in [-0.2, -0.15) is 0 Å². The maximum Gasteiger partial charge on any atom is 0.0366 e. The van der Waals surface area contributed by atoms with E-state index in [1.165, 1.54) is 37.2 Å². The van der Waals surface area contributed by atoms with Crippen molar-refractivity contribution in [3.63, 3.8) is 0 Å². The Labute approximate surface area is 111 Å². The second-order valence-electron chi connectivity index (χ2n) is 5.34. The summed E-state index contributed by atoms with van der Waals surface area (Å²) in [5.74, 6) is 0. The Hall–Kier alpha value is -1.06. The molecule has 3 heteroatoms. The molecule has 1 fully saturated rings. The Morgan fingerprint density at radius 3 is 2.39 bits per heavy atom. The summed E-state index contributed by atoms with van der Waals surface area (Å²) in [5, 5.41) is 3.47. The summed E-state index contributed by atoms with van der Waals surface area (Å²) in [5.41, 5.74) is 2.75. The van der Waals surface area contributed by atoms with Crippen LogP contribution in [-0.2, 0) is 6.54 Å². The summed E-state index contributed by atoms with van der Waals surface area (Å²) in [6.07, 6.45) is 2.68. The molecule has 0 amide bonds. The van der Waals surface area contributed by atoms with Gasteiger partial charge in [0.25, 0.3) is 0 Å². The smallest absolute Gasteiger partial charge is 0.0366 e. The van der Waals surface area contributed by atoms with Crippen molar-refractivity contribution in [3.8, 4) is 0 Å². The molecule has 3 nitrogen and oxygen atoms in total. The topological polar surface area (TPSA) is 18.5 Å². The number of hydrogen-bond donors (Lipinski definition) is 1. The Kier molecular flexibility index (Phi) is 5.02. The minimum absolute atomic E-state index is 0.966. The van der Waals surface area contributed by atoms with E-state index < -0.39 is 0 Å². The lowest BCUT2D eigenvalue weighted by molar-refractivity contribution is 0.400. The van der Waals surface area contributed by atoms with Crippen LogP contribution in [0.4, 0.5) is 5.69 Å². The largest absolute Gasteiger partial charge is 0.372 e. The van der Waals surface area contributed by atoms with Crippen LogP contribution >= 0.6 is 0 Å². The normalized spacial score (nSPS) is 15.6. The van der Waals surface area contributed by atoms with Gasteiger partial charge in [-0.3, -0.25) is 0 Å². The average molecular weight is 247 g/mol. The van der Waals surface area contributed by atoms with Crippen molar-refractivity contribution < 1.29 is 0 Å². The lowest BCUT2D eigenvalue weighted by Gasteiger charge is -2.17. The van der Waals surface area contributed by atoms with Gasteiger partial charge in [-0.25, -0.2) is 0 Å². The monoisotopic (exact) mass is 247 g/mol. The van der Waals surface area contributed by atoms with Crippen LogP contribution in [0.15, 0.2) is 24.3 Å². The number of nitrogens with one attached hydrogen (secondary N) is 1. The van der Waals surface area contributed by atoms with E-state index in [1.54, 1.807) is 0 Å². The molecule has 0 bridgehead atoms. The molecule has 0 spiro atoms. The molecule has 0 aliphatic carbocycles. The fourth-order valence-electron chi connectivity index (χ4n) is 2.34. The van der Waals surface area contributed by atoms with Crippen molar-refractivity contribution in [1.29, 1.82) is 0 Å². The molecule has 1 saturated heterocycles. The molecular formula is C15H25N3. The van der Waals surface area contributed by atoms with Crippen LogP contribution in [0.2, 0.25) is 0 Å². The zero-order chi connectivity index (χ0) is 12.8. The average Bonchev–Trinajstić information content (AvgIpc) is 2.89. The van der Waals surface area contributed by atoms with Gasteiger partial charge in [0.05, 0.1) is 0 Å². The molecule has 0 aromatic heterocycles. The molecule has 1 aliphatic heterocycles. The lowest BCUT2D eigenvalue weighted by atomic mass is 10.2. The van der Waals surface area contributed by atoms with Crippen molar-refractivity contribution >= 4 is 5.69 Å². The third kappa shape index (κ3) is 4.00. The first kappa shape index (κ1) is 13.4. The van der Waals surface area contributed by atoms with Crippen molar-refractivity contribution in [3.05, 3.63) is 29.8 Å². The number of nitrogens with zero attached hydrogens (tertiary/aromatic N) is 2. The molecule has 0 saturated carbocycles. The minimum Gasteiger partial charge on any atom is -0.372 e. The van der Waals surface area contributed by atoms with Crippen LogP contribution in [0.25, 0.3) is 0 Å². The lowest BCUT2D eigenvalue weighted by Crippen LogP contribution is -2.26. The van der Waals surface area contributed by atoms with Crippen molar-refractivity contribution in [2.45, 2.75) is 19.4 Å². The first-order chi connectivity index (χ1) is 8.75. The Morgan fingerprint density at radius 1 is 1.11 bits per heavy atom. The van der Waals surface area contributed by atoms with Crippen LogP contribution < -0.4 is 10.2 Å². The minimum atomic E-state index is 0.966. The van der Waals surface area contributed by atoms with E-state index in [1.807, 2.05) is 0 Å². The Bertz CT molecular complexity index is 339. The first-order valence-electron chi connectivity index (χ1n) is 6.95. The maximum atomic E-state index is 3.47. The van der Waals surface area contributed by atoms with E-state index in [-0.39, 0.29) is 0 Å². The molecule has 1 N–H and O–H groups in total. The van der Waals surface area contributed by atoms with Gasteiger partial charge in [0.2, 0.25) is 0 Å². The maximum absolute atomic E-state index is 3.47. The summed E-state index contributed by atoms with van der Waals surface area (Å²) in [7, 11) is 4.21. The van der Waals surface area contributed by atoms with Gasteiger partial charge in [-0.15, -0.1) is 0 Å². The van der Waals surface area contributed by atoms with Crippen LogP contribution in [0.5, 0.6) is 0 Å². The Balaban J connectivity index is 1.76. The van der Waals surface area contributed by atoms with Gasteiger partial charge in [0.1, 0.15) is 0 Å². The van der Waals surface area contributed by atoms with Crippen LogP contribution in [0.1, 0.15) is 18.4 Å². The van der Waals surface area contributed by atoms with Crippen LogP contribution in [-0.4, -0.2) is 45.2 Å². The molecule has 18 heavy (non-hydrogen) atoms. The summed E-state index contributed by atoms with van der Waals surface area (Å²) in [6, 6.07) is 9.01. The fourth-order valence-corrected chi connectivity index (χ4v) is 2.34. The highest BCUT2D eigenvalue weighted by molar-refractivity contribution is 5.48. The molecule has 1 aliphatic rings. The molecule has 2 rings (SSSR count). The van der Waals surface area contributed by atoms with Crippen molar-refractivity contribution in [2.75, 3.05) is 45.2 Å². The molecule has 100 valence electrons. The second-order valence-corrected chi connectivity index (χ2v) is 5.34. The zero-order valence-electron chi connectivity index (χ0n) is 11.7. The highest BCUT2D eigenvalue weighted by Crippen LogP contribution is 2.20. The van der Waals surface area contributed by atoms with E-state index >= 15 is 0 Å². The highest BCUT2D eigenvalue weighted by Gasteiger charge is 2.11. The van der Waals surface area contributed by atoms with E-state index in [9.17, 15) is 0 Å². The first-order valence-corrected chi connectivity index (χ1v) is 6.95. The number of benzene rings is 1. The number of likely N-dealkylation sites (N-methyl/N-ethyl adjacent to an activating group) is 1. The molecule has 0 radical (unpaired) electrons. The Morgan fingerprint density at radius 2 is 1.78 bits per heavy atom. The second kappa shape index (κ2) is 6.76. The van der Waals surface area contributed by atoms with Gasteiger partial charge in [0, 0.05) is 38.4 Å². The van der Waals surface area contributed by atoms with Gasteiger partial charge < -0.3 is 15.1 Å². The number of rotatable bonds is 6. The summed E-state index contributed by atoms with van der Waals surface area (Å²) in [4.78, 5) is 4.67. The summed E-state index contributed by atoms with van der Waals surface area (Å²) >= 11 is 0. The number of anilines is 1. The molecule has 0 atom stereocenters. The molecule has 1 aromatic carbocycles. The SMILES string of the molecule is CN(C)CCNCc1ccc(N2CCCC2)cc1. The van der Waals surface area contributed by atoms with Gasteiger partial charge in [-0.1, -0.05) is 12.1 Å². The van der Waals surface area contributed by atoms with Gasteiger partial charge in [0.15, 0.2) is 0 Å². The summed E-state index contributed by atoms with van der Waals surface area (Å²) < 4.78 is 0. The predicted molar refractivity (Wildman–Crippen MR) is 78.1 cm³/mol. The molecule has 1 heterocycles. The molecule has 1 aromatic rings. The number of hydrogen-bond acceptors (Lipinski definition) is 3. The highest BCUT2D eigenvalue weighted by atomic mass is 15.1. The third-order valence-electron chi connectivity index (χ3n) is 3.47. The summed E-state index contributed by atoms with van der Waals surface area (Å²) in [6.45, 7) is 5.54. The van der Waals surface area contributed by atoms with E-state index in [0.29, 0.717) is 0 Å². The van der Waals surface area contributed by atoms with Crippen molar-refractivity contribution in [1.82, 2.24) is 10.2 Å². The predicted octanol–water partition coefficient (Wildman–Crippen LogP) is 1.94. The molecule has 0 unspecified atom stereocenters. The van der Waals surface area contributed by atoms with Crippen LogP contribution in [0, 0.1) is 0 Å². The van der Waals surface area contributed by atoms with Gasteiger partial charge >= 0.3 is 0 Å². The van der Waals surface area contributed by atoms with Gasteiger partial charge in [-0.05, 0) is 44.6 Å². The van der Waals surface area contributed by atoms with Crippen LogP contribution in [0.3, 0.4) is 0 Å². The zero-order valence-corrected chi connectivity index (χ0v) is 11.7. The quantitative estimate of drug-likeness (QED) is 0.775. The van der Waals surface area contributed by atoms with E-state index in [0.717, 1.165) is 19.6 Å².